The molecular formula is C9H15FN2O3S. The van der Waals surface area contributed by atoms with Gasteiger partial charge in [0.2, 0.25) is 0 Å². The van der Waals surface area contributed by atoms with Gasteiger partial charge in [-0.05, 0) is 6.92 Å². The molecule has 0 radical (unpaired) electrons. The van der Waals surface area contributed by atoms with Gasteiger partial charge in [0.1, 0.15) is 29.9 Å². The van der Waals surface area contributed by atoms with Crippen LogP contribution in [-0.2, 0) is 4.74 Å². The number of halogens is 1. The summed E-state index contributed by atoms with van der Waals surface area (Å²) in [6.45, 7) is 1.31. The molecule has 5 nitrogen and oxygen atoms in total. The predicted octanol–water partition coefficient (Wildman–Crippen LogP) is -0.518. The van der Waals surface area contributed by atoms with Crippen molar-refractivity contribution < 1.29 is 19.3 Å². The van der Waals surface area contributed by atoms with E-state index in [9.17, 15) is 14.6 Å². The Labute approximate surface area is 97.1 Å². The highest BCUT2D eigenvalue weighted by Gasteiger charge is 2.50. The summed E-state index contributed by atoms with van der Waals surface area (Å²) < 4.78 is 18.6. The van der Waals surface area contributed by atoms with Gasteiger partial charge in [-0.1, -0.05) is 11.8 Å². The zero-order valence-corrected chi connectivity index (χ0v) is 9.82. The maximum atomic E-state index is 13.2. The summed E-state index contributed by atoms with van der Waals surface area (Å²) >= 11 is 1.30. The van der Waals surface area contributed by atoms with Gasteiger partial charge >= 0.3 is 0 Å². The van der Waals surface area contributed by atoms with E-state index in [-0.39, 0.29) is 0 Å². The van der Waals surface area contributed by atoms with Crippen LogP contribution in [0.25, 0.3) is 0 Å². The molecule has 7 heteroatoms. The Bertz CT molecular complexity index is 302. The summed E-state index contributed by atoms with van der Waals surface area (Å²) in [6, 6.07) is -0.436. The summed E-state index contributed by atoms with van der Waals surface area (Å²) in [4.78, 5) is 3.94. The number of hydrogen-bond acceptors (Lipinski definition) is 5. The molecule has 16 heavy (non-hydrogen) atoms. The van der Waals surface area contributed by atoms with Gasteiger partial charge in [0.25, 0.3) is 0 Å². The van der Waals surface area contributed by atoms with Crippen LogP contribution < -0.4 is 5.32 Å². The fourth-order valence-corrected chi connectivity index (χ4v) is 3.02. The first-order valence-electron chi connectivity index (χ1n) is 5.10. The lowest BCUT2D eigenvalue weighted by atomic mass is 9.96. The second-order valence-electron chi connectivity index (χ2n) is 3.94. The average Bonchev–Trinajstić information content (AvgIpc) is 2.66. The van der Waals surface area contributed by atoms with Gasteiger partial charge in [-0.2, -0.15) is 0 Å². The quantitative estimate of drug-likeness (QED) is 0.584. The summed E-state index contributed by atoms with van der Waals surface area (Å²) in [6.07, 6.45) is -4.57. The van der Waals surface area contributed by atoms with Gasteiger partial charge in [-0.25, -0.2) is 4.39 Å². The Morgan fingerprint density at radius 2 is 2.19 bits per heavy atom. The third-order valence-electron chi connectivity index (χ3n) is 2.81. The molecule has 0 aromatic rings. The zero-order chi connectivity index (χ0) is 11.9. The van der Waals surface area contributed by atoms with Crippen molar-refractivity contribution in [3.8, 4) is 0 Å². The maximum absolute atomic E-state index is 13.2. The molecular weight excluding hydrogens is 235 g/mol. The van der Waals surface area contributed by atoms with Crippen molar-refractivity contribution in [3.05, 3.63) is 0 Å². The Morgan fingerprint density at radius 3 is 2.75 bits per heavy atom. The van der Waals surface area contributed by atoms with Crippen LogP contribution in [0.2, 0.25) is 0 Å². The number of aliphatic hydroxyl groups is 2. The van der Waals surface area contributed by atoms with Crippen molar-refractivity contribution in [1.82, 2.24) is 5.32 Å². The number of rotatable bonds is 1. The van der Waals surface area contributed by atoms with E-state index >= 15 is 0 Å². The topological polar surface area (TPSA) is 74.1 Å². The third kappa shape index (κ3) is 1.92. The Balaban J connectivity index is 2.15. The Hall–Kier alpha value is -0.370. The third-order valence-corrected chi connectivity index (χ3v) is 3.97. The molecule has 6 atom stereocenters. The second kappa shape index (κ2) is 4.48. The molecule has 3 N–H and O–H groups in total. The molecule has 2 fully saturated rings. The maximum Gasteiger partial charge on any atom is 0.159 e. The largest absolute Gasteiger partial charge is 0.388 e. The van der Waals surface area contributed by atoms with Crippen molar-refractivity contribution in [1.29, 1.82) is 0 Å². The van der Waals surface area contributed by atoms with E-state index in [0.717, 1.165) is 0 Å². The van der Waals surface area contributed by atoms with Crippen LogP contribution in [-0.4, -0.2) is 58.4 Å². The number of aliphatic imine (C=N–C) groups is 1. The Kier molecular flexibility index (Phi) is 3.39. The SMILES string of the molecule is CN=C1N[C@@H]2[C@@H](O)[C@H](O)[C@@H]([C@H](C)F)O[C@@H]2S1. The molecule has 2 heterocycles. The van der Waals surface area contributed by atoms with Crippen molar-refractivity contribution in [2.45, 2.75) is 42.9 Å². The fourth-order valence-electron chi connectivity index (χ4n) is 1.93. The van der Waals surface area contributed by atoms with Gasteiger partial charge in [0.05, 0.1) is 6.04 Å². The van der Waals surface area contributed by atoms with Gasteiger partial charge in [0, 0.05) is 7.05 Å². The van der Waals surface area contributed by atoms with Crippen LogP contribution in [0.1, 0.15) is 6.92 Å². The van der Waals surface area contributed by atoms with Crippen molar-refractivity contribution >= 4 is 16.9 Å². The zero-order valence-electron chi connectivity index (χ0n) is 9.00. The Morgan fingerprint density at radius 1 is 1.50 bits per heavy atom. The molecule has 0 aromatic heterocycles. The molecule has 2 aliphatic rings. The predicted molar refractivity (Wildman–Crippen MR) is 59.1 cm³/mol. The van der Waals surface area contributed by atoms with Crippen LogP contribution in [0.3, 0.4) is 0 Å². The number of hydrogen-bond donors (Lipinski definition) is 3. The number of nitrogens with zero attached hydrogens (tertiary/aromatic N) is 1. The monoisotopic (exact) mass is 250 g/mol. The van der Waals surface area contributed by atoms with Crippen LogP contribution in [0.5, 0.6) is 0 Å². The van der Waals surface area contributed by atoms with Crippen molar-refractivity contribution in [2.24, 2.45) is 4.99 Å². The van der Waals surface area contributed by atoms with E-state index in [1.165, 1.54) is 18.7 Å². The van der Waals surface area contributed by atoms with E-state index in [4.69, 9.17) is 4.74 Å². The van der Waals surface area contributed by atoms with Gasteiger partial charge in [-0.15, -0.1) is 0 Å². The molecule has 92 valence electrons. The first kappa shape index (κ1) is 12.1. The molecule has 0 saturated carbocycles. The highest BCUT2D eigenvalue weighted by molar-refractivity contribution is 8.14. The second-order valence-corrected chi connectivity index (χ2v) is 5.03. The van der Waals surface area contributed by atoms with E-state index in [1.807, 2.05) is 0 Å². The molecule has 0 bridgehead atoms. The molecule has 2 rings (SSSR count). The van der Waals surface area contributed by atoms with E-state index in [1.54, 1.807) is 7.05 Å². The minimum atomic E-state index is -1.33. The summed E-state index contributed by atoms with van der Waals surface area (Å²) in [7, 11) is 1.62. The average molecular weight is 250 g/mol. The first-order valence-corrected chi connectivity index (χ1v) is 5.98. The summed E-state index contributed by atoms with van der Waals surface area (Å²) in [5, 5.41) is 23.1. The van der Waals surface area contributed by atoms with Crippen molar-refractivity contribution in [3.63, 3.8) is 0 Å². The van der Waals surface area contributed by atoms with E-state index in [0.29, 0.717) is 5.17 Å². The van der Waals surface area contributed by atoms with E-state index in [2.05, 4.69) is 10.3 Å². The highest BCUT2D eigenvalue weighted by Crippen LogP contribution is 2.35. The number of thioether (sulfide) groups is 1. The van der Waals surface area contributed by atoms with Gasteiger partial charge in [0.15, 0.2) is 5.17 Å². The molecule has 0 aromatic carbocycles. The summed E-state index contributed by atoms with van der Waals surface area (Å²) in [5.74, 6) is 0. The van der Waals surface area contributed by atoms with Gasteiger partial charge in [-0.3, -0.25) is 4.99 Å². The van der Waals surface area contributed by atoms with Crippen LogP contribution in [0, 0.1) is 0 Å². The van der Waals surface area contributed by atoms with E-state index < -0.39 is 36.0 Å². The van der Waals surface area contributed by atoms with Crippen LogP contribution >= 0.6 is 11.8 Å². The normalized spacial score (nSPS) is 47.6. The van der Waals surface area contributed by atoms with Gasteiger partial charge < -0.3 is 20.3 Å². The number of ether oxygens (including phenoxy) is 1. The number of amidine groups is 1. The fraction of sp³-hybridized carbons (Fsp3) is 0.889. The number of alkyl halides is 1. The lowest BCUT2D eigenvalue weighted by molar-refractivity contribution is -0.173. The lowest BCUT2D eigenvalue weighted by Gasteiger charge is -2.39. The molecule has 0 amide bonds. The van der Waals surface area contributed by atoms with Crippen LogP contribution in [0.4, 0.5) is 4.39 Å². The summed E-state index contributed by atoms with van der Waals surface area (Å²) in [5.41, 5.74) is -0.403. The lowest BCUT2D eigenvalue weighted by Crippen LogP contribution is -2.60. The number of nitrogens with one attached hydrogen (secondary N) is 1. The minimum Gasteiger partial charge on any atom is -0.388 e. The standard InChI is InChI=1S/C9H15FN2O3S/c1-3(10)7-6(14)5(13)4-8(15-7)16-9(11-2)12-4/h3-8,13-14H,1-2H3,(H,11,12)/t3-,4+,5+,6-,7+,8+/m0/s1. The molecule has 0 unspecified atom stereocenters. The molecule has 0 spiro atoms. The number of fused-ring (bicyclic) bond motifs is 1. The highest BCUT2D eigenvalue weighted by atomic mass is 32.2. The molecule has 0 aliphatic carbocycles. The number of aliphatic hydroxyl groups excluding tert-OH is 2. The first-order chi connectivity index (χ1) is 7.54. The minimum absolute atomic E-state index is 0.403. The molecule has 2 saturated heterocycles. The van der Waals surface area contributed by atoms with Crippen LogP contribution in [0.15, 0.2) is 4.99 Å². The molecule has 2 aliphatic heterocycles. The smallest absolute Gasteiger partial charge is 0.159 e. The van der Waals surface area contributed by atoms with Crippen molar-refractivity contribution in [2.75, 3.05) is 7.05 Å².